The van der Waals surface area contributed by atoms with Crippen molar-refractivity contribution in [3.05, 3.63) is 33.9 Å². The van der Waals surface area contributed by atoms with Gasteiger partial charge in [-0.25, -0.2) is 0 Å². The molecule has 5 N–H and O–H groups in total. The van der Waals surface area contributed by atoms with E-state index >= 15 is 0 Å². The molecule has 0 aliphatic rings. The smallest absolute Gasteiger partial charge is 0.292 e. The lowest BCUT2D eigenvalue weighted by molar-refractivity contribution is -0.383. The summed E-state index contributed by atoms with van der Waals surface area (Å²) in [5, 5.41) is 13.4. The summed E-state index contributed by atoms with van der Waals surface area (Å²) in [5.41, 5.74) is 10.1. The number of benzene rings is 1. The number of nitrogens with two attached hydrogens (primary N) is 2. The molecule has 8 heteroatoms. The largest absolute Gasteiger partial charge is 0.393 e. The van der Waals surface area contributed by atoms with Crippen LogP contribution >= 0.6 is 12.4 Å². The highest BCUT2D eigenvalue weighted by Gasteiger charge is 2.23. The van der Waals surface area contributed by atoms with Gasteiger partial charge in [-0.15, -0.1) is 12.4 Å². The number of rotatable bonds is 4. The molecule has 19 heavy (non-hydrogen) atoms. The van der Waals surface area contributed by atoms with Crippen molar-refractivity contribution in [2.24, 2.45) is 5.73 Å². The lowest BCUT2D eigenvalue weighted by atomic mass is 10.0. The van der Waals surface area contributed by atoms with E-state index in [9.17, 15) is 14.9 Å². The van der Waals surface area contributed by atoms with E-state index in [0.29, 0.717) is 0 Å². The van der Waals surface area contributed by atoms with E-state index in [1.165, 1.54) is 18.2 Å². The third-order valence-electron chi connectivity index (χ3n) is 2.49. The molecule has 1 aromatic rings. The van der Waals surface area contributed by atoms with Crippen molar-refractivity contribution in [1.82, 2.24) is 5.32 Å². The van der Waals surface area contributed by atoms with E-state index in [1.807, 2.05) is 0 Å². The van der Waals surface area contributed by atoms with Crippen LogP contribution in [0.15, 0.2) is 18.2 Å². The fourth-order valence-electron chi connectivity index (χ4n) is 1.34. The van der Waals surface area contributed by atoms with Gasteiger partial charge >= 0.3 is 0 Å². The summed E-state index contributed by atoms with van der Waals surface area (Å²) < 4.78 is 0. The Balaban J connectivity index is 0.00000324. The fraction of sp³-hybridized carbons (Fsp3) is 0.364. The number of nitrogens with zero attached hydrogens (tertiary/aromatic N) is 1. The Kier molecular flexibility index (Phi) is 5.73. The van der Waals surface area contributed by atoms with Gasteiger partial charge in [0.05, 0.1) is 10.5 Å². The number of hydrogen-bond donors (Lipinski definition) is 3. The summed E-state index contributed by atoms with van der Waals surface area (Å²) >= 11 is 0. The number of nitrogen functional groups attached to an aromatic ring is 1. The van der Waals surface area contributed by atoms with Gasteiger partial charge in [-0.3, -0.25) is 14.9 Å². The van der Waals surface area contributed by atoms with Crippen molar-refractivity contribution in [2.75, 3.05) is 12.3 Å². The van der Waals surface area contributed by atoms with Crippen LogP contribution in [0.4, 0.5) is 11.4 Å². The highest BCUT2D eigenvalue weighted by atomic mass is 35.5. The standard InChI is InChI=1S/C11H16N4O3.ClH/c1-11(2,6-12)14-10(16)7-4-3-5-8(9(7)13)15(17)18;/h3-5H,6,12-13H2,1-2H3,(H,14,16);1H. The lowest BCUT2D eigenvalue weighted by Gasteiger charge is -2.24. The van der Waals surface area contributed by atoms with Crippen LogP contribution in [-0.2, 0) is 0 Å². The lowest BCUT2D eigenvalue weighted by Crippen LogP contribution is -2.49. The topological polar surface area (TPSA) is 124 Å². The molecule has 0 fully saturated rings. The van der Waals surface area contributed by atoms with Gasteiger partial charge in [0.1, 0.15) is 5.69 Å². The zero-order valence-electron chi connectivity index (χ0n) is 10.7. The highest BCUT2D eigenvalue weighted by Crippen LogP contribution is 2.24. The highest BCUT2D eigenvalue weighted by molar-refractivity contribution is 6.01. The van der Waals surface area contributed by atoms with Gasteiger partial charge in [0.15, 0.2) is 0 Å². The maximum Gasteiger partial charge on any atom is 0.292 e. The molecule has 0 spiro atoms. The van der Waals surface area contributed by atoms with Crippen molar-refractivity contribution in [2.45, 2.75) is 19.4 Å². The summed E-state index contributed by atoms with van der Waals surface area (Å²) in [6.45, 7) is 3.74. The minimum Gasteiger partial charge on any atom is -0.393 e. The van der Waals surface area contributed by atoms with E-state index in [2.05, 4.69) is 5.32 Å². The van der Waals surface area contributed by atoms with Crippen LogP contribution in [0.3, 0.4) is 0 Å². The zero-order valence-corrected chi connectivity index (χ0v) is 11.5. The Bertz CT molecular complexity index is 491. The minimum atomic E-state index is -0.625. The van der Waals surface area contributed by atoms with Crippen LogP contribution < -0.4 is 16.8 Å². The molecule has 0 saturated carbocycles. The normalized spacial score (nSPS) is 10.5. The van der Waals surface area contributed by atoms with Crippen LogP contribution in [0, 0.1) is 10.1 Å². The van der Waals surface area contributed by atoms with Gasteiger partial charge < -0.3 is 16.8 Å². The number of para-hydroxylation sites is 1. The van der Waals surface area contributed by atoms with Crippen molar-refractivity contribution >= 4 is 29.7 Å². The second-order valence-corrected chi connectivity index (χ2v) is 4.54. The van der Waals surface area contributed by atoms with Crippen molar-refractivity contribution in [3.63, 3.8) is 0 Å². The average molecular weight is 289 g/mol. The van der Waals surface area contributed by atoms with Gasteiger partial charge in [0, 0.05) is 18.2 Å². The summed E-state index contributed by atoms with van der Waals surface area (Å²) in [6.07, 6.45) is 0. The van der Waals surface area contributed by atoms with Gasteiger partial charge in [0.2, 0.25) is 0 Å². The summed E-state index contributed by atoms with van der Waals surface area (Å²) in [5.74, 6) is -0.480. The number of nitro benzene ring substituents is 1. The molecule has 0 saturated heterocycles. The molecule has 0 radical (unpaired) electrons. The van der Waals surface area contributed by atoms with E-state index in [-0.39, 0.29) is 35.9 Å². The van der Waals surface area contributed by atoms with Crippen molar-refractivity contribution in [3.8, 4) is 0 Å². The first-order valence-corrected chi connectivity index (χ1v) is 5.34. The first-order valence-electron chi connectivity index (χ1n) is 5.34. The number of carbonyl (C=O) groups is 1. The molecule has 0 unspecified atom stereocenters. The molecule has 1 amide bonds. The van der Waals surface area contributed by atoms with Gasteiger partial charge in [-0.05, 0) is 19.9 Å². The van der Waals surface area contributed by atoms with Crippen molar-refractivity contribution < 1.29 is 9.72 Å². The van der Waals surface area contributed by atoms with Gasteiger partial charge in [0.25, 0.3) is 11.6 Å². The molecule has 0 bridgehead atoms. The Morgan fingerprint density at radius 3 is 2.53 bits per heavy atom. The fourth-order valence-corrected chi connectivity index (χ4v) is 1.34. The molecule has 0 aliphatic heterocycles. The van der Waals surface area contributed by atoms with Crippen LogP contribution in [0.5, 0.6) is 0 Å². The molecule has 1 aromatic carbocycles. The Hall–Kier alpha value is -1.86. The Morgan fingerprint density at radius 1 is 1.47 bits per heavy atom. The third kappa shape index (κ3) is 4.08. The number of hydrogen-bond acceptors (Lipinski definition) is 5. The van der Waals surface area contributed by atoms with E-state index in [1.54, 1.807) is 13.8 Å². The molecule has 0 atom stereocenters. The Labute approximate surface area is 116 Å². The number of nitrogens with one attached hydrogen (secondary N) is 1. The second-order valence-electron chi connectivity index (χ2n) is 4.54. The number of halogens is 1. The van der Waals surface area contributed by atoms with Crippen LogP contribution in [0.2, 0.25) is 0 Å². The quantitative estimate of drug-likeness (QED) is 0.434. The number of carbonyl (C=O) groups excluding carboxylic acids is 1. The predicted octanol–water partition coefficient (Wildman–Crippen LogP) is 1.07. The second kappa shape index (κ2) is 6.35. The summed E-state index contributed by atoms with van der Waals surface area (Å²) in [6, 6.07) is 4.10. The van der Waals surface area contributed by atoms with Crippen LogP contribution in [0.1, 0.15) is 24.2 Å². The first-order chi connectivity index (χ1) is 8.28. The number of nitro groups is 1. The molecular formula is C11H17ClN4O3. The first kappa shape index (κ1) is 17.1. The predicted molar refractivity (Wildman–Crippen MR) is 75.4 cm³/mol. The van der Waals surface area contributed by atoms with Crippen LogP contribution in [-0.4, -0.2) is 22.9 Å². The summed E-state index contributed by atoms with van der Waals surface area (Å²) in [4.78, 5) is 22.0. The Morgan fingerprint density at radius 2 is 2.05 bits per heavy atom. The van der Waals surface area contributed by atoms with E-state index < -0.39 is 16.4 Å². The number of amides is 1. The SMILES string of the molecule is CC(C)(CN)NC(=O)c1cccc([N+](=O)[O-])c1N.Cl. The van der Waals surface area contributed by atoms with Gasteiger partial charge in [-0.2, -0.15) is 0 Å². The monoisotopic (exact) mass is 288 g/mol. The molecule has 7 nitrogen and oxygen atoms in total. The molecule has 0 aliphatic carbocycles. The zero-order chi connectivity index (χ0) is 13.9. The van der Waals surface area contributed by atoms with E-state index in [4.69, 9.17) is 11.5 Å². The van der Waals surface area contributed by atoms with E-state index in [0.717, 1.165) is 0 Å². The molecular weight excluding hydrogens is 272 g/mol. The molecule has 0 aromatic heterocycles. The van der Waals surface area contributed by atoms with Crippen molar-refractivity contribution in [1.29, 1.82) is 0 Å². The third-order valence-corrected chi connectivity index (χ3v) is 2.49. The molecule has 106 valence electrons. The maximum absolute atomic E-state index is 11.9. The van der Waals surface area contributed by atoms with Gasteiger partial charge in [-0.1, -0.05) is 6.07 Å². The number of anilines is 1. The maximum atomic E-state index is 11.9. The minimum absolute atomic E-state index is 0. The average Bonchev–Trinajstić information content (AvgIpc) is 2.28. The molecule has 1 rings (SSSR count). The summed E-state index contributed by atoms with van der Waals surface area (Å²) in [7, 11) is 0. The van der Waals surface area contributed by atoms with Crippen LogP contribution in [0.25, 0.3) is 0 Å². The molecule has 0 heterocycles.